The van der Waals surface area contributed by atoms with Crippen LogP contribution in [0.25, 0.3) is 0 Å². The van der Waals surface area contributed by atoms with Gasteiger partial charge in [0, 0.05) is 19.4 Å². The number of hydrogen-bond donors (Lipinski definition) is 1. The SMILES string of the molecule is CCCCCCCCCCCCOCCOCCOCCOCCOC(=O)CCCCC(=O)O. The topological polar surface area (TPSA) is 101 Å². The molecular weight excluding hydrogens is 440 g/mol. The van der Waals surface area contributed by atoms with E-state index in [2.05, 4.69) is 6.92 Å². The van der Waals surface area contributed by atoms with Gasteiger partial charge in [-0.2, -0.15) is 0 Å². The number of carbonyl (C=O) groups is 2. The van der Waals surface area contributed by atoms with Crippen LogP contribution in [0.3, 0.4) is 0 Å². The van der Waals surface area contributed by atoms with E-state index in [1.165, 1.54) is 57.8 Å². The van der Waals surface area contributed by atoms with E-state index in [1.54, 1.807) is 0 Å². The second-order valence-corrected chi connectivity index (χ2v) is 8.45. The third-order valence-electron chi connectivity index (χ3n) is 5.27. The lowest BCUT2D eigenvalue weighted by Gasteiger charge is -2.08. The molecule has 0 saturated heterocycles. The highest BCUT2D eigenvalue weighted by Gasteiger charge is 2.04. The van der Waals surface area contributed by atoms with Gasteiger partial charge in [-0.3, -0.25) is 9.59 Å². The number of carboxylic acid groups (broad SMARTS) is 1. The molecule has 0 rings (SSSR count). The Morgan fingerprint density at radius 3 is 1.41 bits per heavy atom. The third kappa shape index (κ3) is 28.8. The standard InChI is InChI=1S/C26H50O8/c1-2-3-4-5-6-7-8-9-10-13-16-30-17-18-31-19-20-32-21-22-33-23-24-34-26(29)15-12-11-14-25(27)28/h2-24H2,1H3,(H,27,28). The van der Waals surface area contributed by atoms with E-state index in [1.807, 2.05) is 0 Å². The molecule has 0 atom stereocenters. The van der Waals surface area contributed by atoms with Gasteiger partial charge in [0.25, 0.3) is 0 Å². The molecule has 0 radical (unpaired) electrons. The van der Waals surface area contributed by atoms with Crippen LogP contribution in [0.5, 0.6) is 0 Å². The summed E-state index contributed by atoms with van der Waals surface area (Å²) >= 11 is 0. The number of rotatable bonds is 28. The molecule has 0 saturated carbocycles. The number of aliphatic carboxylic acids is 1. The minimum Gasteiger partial charge on any atom is -0.481 e. The van der Waals surface area contributed by atoms with E-state index in [-0.39, 0.29) is 25.4 Å². The first-order chi connectivity index (χ1) is 16.7. The fourth-order valence-corrected chi connectivity index (χ4v) is 3.29. The molecule has 0 spiro atoms. The fourth-order valence-electron chi connectivity index (χ4n) is 3.29. The molecule has 8 heteroatoms. The zero-order valence-electron chi connectivity index (χ0n) is 21.6. The molecule has 0 aliphatic heterocycles. The van der Waals surface area contributed by atoms with Gasteiger partial charge in [-0.1, -0.05) is 64.7 Å². The lowest BCUT2D eigenvalue weighted by molar-refractivity contribution is -0.146. The zero-order valence-corrected chi connectivity index (χ0v) is 21.6. The van der Waals surface area contributed by atoms with Gasteiger partial charge in [-0.05, 0) is 19.3 Å². The molecule has 8 nitrogen and oxygen atoms in total. The molecule has 34 heavy (non-hydrogen) atoms. The summed E-state index contributed by atoms with van der Waals surface area (Å²) in [4.78, 5) is 21.8. The van der Waals surface area contributed by atoms with Gasteiger partial charge < -0.3 is 28.8 Å². The molecule has 0 aromatic carbocycles. The van der Waals surface area contributed by atoms with Crippen molar-refractivity contribution in [3.8, 4) is 0 Å². The maximum absolute atomic E-state index is 11.4. The highest BCUT2D eigenvalue weighted by molar-refractivity contribution is 5.69. The van der Waals surface area contributed by atoms with Crippen LogP contribution in [0, 0.1) is 0 Å². The lowest BCUT2D eigenvalue weighted by atomic mass is 10.1. The summed E-state index contributed by atoms with van der Waals surface area (Å²) in [5.74, 6) is -1.17. The Labute approximate surface area is 207 Å². The second kappa shape index (κ2) is 28.0. The number of carboxylic acids is 1. The van der Waals surface area contributed by atoms with E-state index in [4.69, 9.17) is 28.8 Å². The summed E-state index contributed by atoms with van der Waals surface area (Å²) in [5.41, 5.74) is 0. The number of ether oxygens (including phenoxy) is 5. The van der Waals surface area contributed by atoms with Crippen molar-refractivity contribution in [1.29, 1.82) is 0 Å². The van der Waals surface area contributed by atoms with Crippen molar-refractivity contribution < 1.29 is 38.4 Å². The van der Waals surface area contributed by atoms with Crippen molar-refractivity contribution >= 4 is 11.9 Å². The van der Waals surface area contributed by atoms with Gasteiger partial charge in [0.1, 0.15) is 6.61 Å². The summed E-state index contributed by atoms with van der Waals surface area (Å²) in [6.07, 6.45) is 14.6. The normalized spacial score (nSPS) is 11.1. The van der Waals surface area contributed by atoms with Crippen molar-refractivity contribution in [2.45, 2.75) is 96.8 Å². The van der Waals surface area contributed by atoms with Crippen LogP contribution in [0.1, 0.15) is 96.8 Å². The Kier molecular flexibility index (Phi) is 27.0. The maximum atomic E-state index is 11.4. The van der Waals surface area contributed by atoms with Gasteiger partial charge in [0.2, 0.25) is 0 Å². The Morgan fingerprint density at radius 1 is 0.500 bits per heavy atom. The first kappa shape index (κ1) is 32.8. The molecule has 0 heterocycles. The number of esters is 1. The average molecular weight is 491 g/mol. The quantitative estimate of drug-likeness (QED) is 0.119. The number of carbonyl (C=O) groups excluding carboxylic acids is 1. The molecule has 202 valence electrons. The molecule has 0 unspecified atom stereocenters. The monoisotopic (exact) mass is 490 g/mol. The van der Waals surface area contributed by atoms with Gasteiger partial charge in [0.15, 0.2) is 0 Å². The summed E-state index contributed by atoms with van der Waals surface area (Å²) in [5, 5.41) is 8.52. The van der Waals surface area contributed by atoms with Crippen molar-refractivity contribution in [3.05, 3.63) is 0 Å². The van der Waals surface area contributed by atoms with Crippen molar-refractivity contribution in [2.75, 3.05) is 59.5 Å². The minimum absolute atomic E-state index is 0.0780. The highest BCUT2D eigenvalue weighted by Crippen LogP contribution is 2.10. The van der Waals surface area contributed by atoms with Gasteiger partial charge in [-0.25, -0.2) is 0 Å². The molecule has 0 aromatic rings. The first-order valence-electron chi connectivity index (χ1n) is 13.3. The van der Waals surface area contributed by atoms with Gasteiger partial charge in [0.05, 0.1) is 46.2 Å². The number of hydrogen-bond acceptors (Lipinski definition) is 7. The van der Waals surface area contributed by atoms with Crippen LogP contribution in [-0.4, -0.2) is 76.5 Å². The molecule has 0 aliphatic rings. The molecular formula is C26H50O8. The van der Waals surface area contributed by atoms with Crippen molar-refractivity contribution in [1.82, 2.24) is 0 Å². The predicted molar refractivity (Wildman–Crippen MR) is 132 cm³/mol. The van der Waals surface area contributed by atoms with E-state index >= 15 is 0 Å². The summed E-state index contributed by atoms with van der Waals surface area (Å²) < 4.78 is 26.8. The Morgan fingerprint density at radius 2 is 0.912 bits per heavy atom. The Balaban J connectivity index is 3.10. The van der Waals surface area contributed by atoms with E-state index < -0.39 is 5.97 Å². The smallest absolute Gasteiger partial charge is 0.305 e. The van der Waals surface area contributed by atoms with Gasteiger partial charge >= 0.3 is 11.9 Å². The minimum atomic E-state index is -0.848. The van der Waals surface area contributed by atoms with Crippen molar-refractivity contribution in [2.24, 2.45) is 0 Å². The lowest BCUT2D eigenvalue weighted by Crippen LogP contribution is -2.14. The Hall–Kier alpha value is -1.22. The molecule has 1 N–H and O–H groups in total. The van der Waals surface area contributed by atoms with Crippen LogP contribution in [0.15, 0.2) is 0 Å². The predicted octanol–water partition coefficient (Wildman–Crippen LogP) is 5.16. The van der Waals surface area contributed by atoms with E-state index in [0.717, 1.165) is 13.0 Å². The molecule has 0 bridgehead atoms. The molecule has 0 fully saturated rings. The third-order valence-corrected chi connectivity index (χ3v) is 5.27. The van der Waals surface area contributed by atoms with Crippen LogP contribution < -0.4 is 0 Å². The molecule has 0 amide bonds. The van der Waals surface area contributed by atoms with Crippen LogP contribution in [-0.2, 0) is 33.3 Å². The average Bonchev–Trinajstić information content (AvgIpc) is 2.82. The highest BCUT2D eigenvalue weighted by atomic mass is 16.6. The van der Waals surface area contributed by atoms with E-state index in [0.29, 0.717) is 59.1 Å². The fraction of sp³-hybridized carbons (Fsp3) is 0.923. The first-order valence-corrected chi connectivity index (χ1v) is 13.3. The molecule has 0 aliphatic carbocycles. The van der Waals surface area contributed by atoms with Crippen LogP contribution >= 0.6 is 0 Å². The summed E-state index contributed by atoms with van der Waals surface area (Å²) in [7, 11) is 0. The van der Waals surface area contributed by atoms with Gasteiger partial charge in [-0.15, -0.1) is 0 Å². The maximum Gasteiger partial charge on any atom is 0.305 e. The largest absolute Gasteiger partial charge is 0.481 e. The van der Waals surface area contributed by atoms with Crippen molar-refractivity contribution in [3.63, 3.8) is 0 Å². The van der Waals surface area contributed by atoms with E-state index in [9.17, 15) is 9.59 Å². The summed E-state index contributed by atoms with van der Waals surface area (Å²) in [6.45, 7) is 6.71. The molecule has 0 aromatic heterocycles. The zero-order chi connectivity index (χ0) is 25.0. The second-order valence-electron chi connectivity index (χ2n) is 8.45. The van der Waals surface area contributed by atoms with Crippen LogP contribution in [0.2, 0.25) is 0 Å². The Bertz CT molecular complexity index is 445. The van der Waals surface area contributed by atoms with Crippen LogP contribution in [0.4, 0.5) is 0 Å². The summed E-state index contributed by atoms with van der Waals surface area (Å²) in [6, 6.07) is 0. The number of unbranched alkanes of at least 4 members (excludes halogenated alkanes) is 10.